The van der Waals surface area contributed by atoms with E-state index in [9.17, 15) is 18.0 Å². The molecule has 2 amide bonds. The van der Waals surface area contributed by atoms with Crippen LogP contribution in [0, 0.1) is 12.7 Å². The molecule has 12 heteroatoms. The van der Waals surface area contributed by atoms with Crippen LogP contribution in [-0.2, 0) is 44.1 Å². The molecule has 252 valence electrons. The summed E-state index contributed by atoms with van der Waals surface area (Å²) in [5.74, 6) is -1.73. The third-order valence-electron chi connectivity index (χ3n) is 7.30. The van der Waals surface area contributed by atoms with Crippen molar-refractivity contribution >= 4 is 33.6 Å². The molecule has 1 heterocycles. The summed E-state index contributed by atoms with van der Waals surface area (Å²) in [5, 5.41) is 2.78. The van der Waals surface area contributed by atoms with Gasteiger partial charge in [0.2, 0.25) is 0 Å². The van der Waals surface area contributed by atoms with Crippen LogP contribution in [0.25, 0.3) is 0 Å². The number of rotatable bonds is 11. The van der Waals surface area contributed by atoms with Crippen molar-refractivity contribution in [1.29, 1.82) is 0 Å². The van der Waals surface area contributed by atoms with Crippen molar-refractivity contribution in [3.63, 3.8) is 0 Å². The second kappa shape index (κ2) is 14.4. The van der Waals surface area contributed by atoms with E-state index in [1.807, 2.05) is 79.7 Å². The van der Waals surface area contributed by atoms with E-state index < -0.39 is 46.9 Å². The molecule has 5 rings (SSSR count). The minimum Gasteiger partial charge on any atom is -0.487 e. The van der Waals surface area contributed by atoms with Crippen molar-refractivity contribution in [1.82, 2.24) is 4.31 Å². The summed E-state index contributed by atoms with van der Waals surface area (Å²) in [6.07, 6.45) is -0.473. The molecule has 1 N–H and O–H groups in total. The normalized spacial score (nSPS) is 14.2. The number of hydrogen-bond acceptors (Lipinski definition) is 7. The molecule has 4 aromatic rings. The van der Waals surface area contributed by atoms with E-state index in [0.29, 0.717) is 25.4 Å². The van der Waals surface area contributed by atoms with Crippen LogP contribution in [0.15, 0.2) is 91.0 Å². The van der Waals surface area contributed by atoms with Gasteiger partial charge in [-0.15, -0.1) is 0 Å². The first kappa shape index (κ1) is 34.4. The predicted octanol–water partition coefficient (Wildman–Crippen LogP) is 6.72. The monoisotopic (exact) mass is 675 g/mol. The zero-order valence-electron chi connectivity index (χ0n) is 27.2. The fourth-order valence-electron chi connectivity index (χ4n) is 5.10. The van der Waals surface area contributed by atoms with E-state index in [-0.39, 0.29) is 31.1 Å². The quantitative estimate of drug-likeness (QED) is 0.188. The Kier molecular flexibility index (Phi) is 10.4. The van der Waals surface area contributed by atoms with Gasteiger partial charge in [-0.2, -0.15) is 12.7 Å². The summed E-state index contributed by atoms with van der Waals surface area (Å²) in [5.41, 5.74) is 2.96. The van der Waals surface area contributed by atoms with Crippen LogP contribution >= 0.6 is 0 Å². The highest BCUT2D eigenvalue weighted by Gasteiger charge is 2.45. The Bertz CT molecular complexity index is 1880. The number of amides is 2. The van der Waals surface area contributed by atoms with Crippen molar-refractivity contribution in [2.75, 3.05) is 22.9 Å². The lowest BCUT2D eigenvalue weighted by Crippen LogP contribution is -2.36. The number of anilines is 2. The Balaban J connectivity index is 1.45. The van der Waals surface area contributed by atoms with Gasteiger partial charge in [0.1, 0.15) is 36.9 Å². The van der Waals surface area contributed by atoms with Crippen LogP contribution in [-0.4, -0.2) is 43.6 Å². The summed E-state index contributed by atoms with van der Waals surface area (Å²) in [6.45, 7) is 6.09. The molecule has 0 unspecified atom stereocenters. The summed E-state index contributed by atoms with van der Waals surface area (Å²) in [4.78, 5) is 25.6. The van der Waals surface area contributed by atoms with Gasteiger partial charge in [0.15, 0.2) is 5.82 Å². The van der Waals surface area contributed by atoms with Gasteiger partial charge in [-0.3, -0.25) is 10.1 Å². The van der Waals surface area contributed by atoms with Crippen molar-refractivity contribution in [3.05, 3.63) is 125 Å². The molecule has 0 spiro atoms. The molecule has 10 nitrogen and oxygen atoms in total. The van der Waals surface area contributed by atoms with E-state index >= 15 is 4.39 Å². The molecular weight excluding hydrogens is 637 g/mol. The van der Waals surface area contributed by atoms with Gasteiger partial charge in [0.05, 0.1) is 6.61 Å². The second-order valence-electron chi connectivity index (χ2n) is 12.4. The molecule has 1 fully saturated rings. The SMILES string of the molecule is Cc1ccc(Cc2cc(F)c(N3CC(=O)N(COCc4ccccc4)S3(=O)=O)c(OCc3ccccc3)c2)c(NC(=O)OC(C)(C)C)c1. The number of hydrogen-bond donors (Lipinski definition) is 1. The molecule has 4 aromatic carbocycles. The first-order valence-corrected chi connectivity index (χ1v) is 16.7. The fraction of sp³-hybridized carbons (Fsp3) is 0.278. The molecule has 1 saturated heterocycles. The molecule has 48 heavy (non-hydrogen) atoms. The van der Waals surface area contributed by atoms with E-state index in [2.05, 4.69) is 5.32 Å². The first-order valence-electron chi connectivity index (χ1n) is 15.3. The summed E-state index contributed by atoms with van der Waals surface area (Å²) >= 11 is 0. The van der Waals surface area contributed by atoms with Crippen LogP contribution in [0.3, 0.4) is 0 Å². The van der Waals surface area contributed by atoms with Crippen LogP contribution in [0.1, 0.15) is 48.6 Å². The highest BCUT2D eigenvalue weighted by molar-refractivity contribution is 7.91. The highest BCUT2D eigenvalue weighted by atomic mass is 32.2. The summed E-state index contributed by atoms with van der Waals surface area (Å²) < 4.78 is 61.8. The molecule has 1 aliphatic heterocycles. The molecule has 0 bridgehead atoms. The van der Waals surface area contributed by atoms with E-state index in [1.165, 1.54) is 6.07 Å². The molecule has 1 aliphatic rings. The predicted molar refractivity (Wildman–Crippen MR) is 180 cm³/mol. The topological polar surface area (TPSA) is 114 Å². The zero-order chi connectivity index (χ0) is 34.5. The van der Waals surface area contributed by atoms with Gasteiger partial charge in [0.25, 0.3) is 5.91 Å². The number of halogens is 1. The smallest absolute Gasteiger partial charge is 0.412 e. The standard InChI is InChI=1S/C36H38FN3O7S/c1-25-15-16-29(31(17-25)38-35(42)47-36(2,3)4)18-28-19-30(37)34(32(20-28)46-23-27-13-9-6-10-14-27)39-21-33(41)40(48(39,43)44)24-45-22-26-11-7-5-8-12-26/h5-17,19-20H,18,21-24H2,1-4H3,(H,38,42). The van der Waals surface area contributed by atoms with Gasteiger partial charge >= 0.3 is 16.3 Å². The summed E-state index contributed by atoms with van der Waals surface area (Å²) in [7, 11) is -4.51. The van der Waals surface area contributed by atoms with Crippen LogP contribution in [0.4, 0.5) is 20.6 Å². The lowest BCUT2D eigenvalue weighted by atomic mass is 10.0. The lowest BCUT2D eigenvalue weighted by molar-refractivity contribution is -0.127. The molecule has 0 aromatic heterocycles. The second-order valence-corrected chi connectivity index (χ2v) is 14.2. The molecule has 0 aliphatic carbocycles. The minimum atomic E-state index is -4.51. The zero-order valence-corrected chi connectivity index (χ0v) is 28.1. The average molecular weight is 676 g/mol. The third kappa shape index (κ3) is 8.50. The third-order valence-corrected chi connectivity index (χ3v) is 9.04. The minimum absolute atomic E-state index is 0.0124. The summed E-state index contributed by atoms with van der Waals surface area (Å²) in [6, 6.07) is 26.5. The molecule has 0 radical (unpaired) electrons. The molecular formula is C36H38FN3O7S. The highest BCUT2D eigenvalue weighted by Crippen LogP contribution is 2.39. The Labute approximate surface area is 280 Å². The maximum Gasteiger partial charge on any atom is 0.412 e. The van der Waals surface area contributed by atoms with Gasteiger partial charge < -0.3 is 14.2 Å². The number of nitrogens with one attached hydrogen (secondary N) is 1. The largest absolute Gasteiger partial charge is 0.487 e. The van der Waals surface area contributed by atoms with Gasteiger partial charge in [-0.1, -0.05) is 72.8 Å². The number of ether oxygens (including phenoxy) is 3. The maximum absolute atomic E-state index is 16.2. The number of nitrogens with zero attached hydrogens (tertiary/aromatic N) is 2. The van der Waals surface area contributed by atoms with E-state index in [1.54, 1.807) is 32.9 Å². The Hall–Kier alpha value is -4.94. The number of aryl methyl sites for hydroxylation is 1. The van der Waals surface area contributed by atoms with Crippen molar-refractivity contribution < 1.29 is 36.6 Å². The van der Waals surface area contributed by atoms with Crippen LogP contribution in [0.5, 0.6) is 5.75 Å². The average Bonchev–Trinajstić information content (AvgIpc) is 3.24. The van der Waals surface area contributed by atoms with Crippen LogP contribution < -0.4 is 14.4 Å². The Morgan fingerprint density at radius 1 is 0.896 bits per heavy atom. The van der Waals surface area contributed by atoms with Crippen LogP contribution in [0.2, 0.25) is 0 Å². The van der Waals surface area contributed by atoms with Crippen molar-refractivity contribution in [3.8, 4) is 5.75 Å². The van der Waals surface area contributed by atoms with E-state index in [0.717, 1.165) is 16.7 Å². The molecule has 0 atom stereocenters. The Morgan fingerprint density at radius 3 is 2.19 bits per heavy atom. The molecule has 0 saturated carbocycles. The number of carbonyl (C=O) groups excluding carboxylic acids is 2. The van der Waals surface area contributed by atoms with Crippen molar-refractivity contribution in [2.24, 2.45) is 0 Å². The fourth-order valence-corrected chi connectivity index (χ4v) is 6.54. The van der Waals surface area contributed by atoms with Gasteiger partial charge in [0, 0.05) is 5.69 Å². The van der Waals surface area contributed by atoms with E-state index in [4.69, 9.17) is 14.2 Å². The maximum atomic E-state index is 16.2. The van der Waals surface area contributed by atoms with Gasteiger partial charge in [-0.25, -0.2) is 13.5 Å². The van der Waals surface area contributed by atoms with Crippen molar-refractivity contribution in [2.45, 2.75) is 52.9 Å². The lowest BCUT2D eigenvalue weighted by Gasteiger charge is -2.23. The number of benzene rings is 4. The Morgan fingerprint density at radius 2 is 1.54 bits per heavy atom. The number of carbonyl (C=O) groups is 2. The van der Waals surface area contributed by atoms with Gasteiger partial charge in [-0.05, 0) is 80.1 Å². The first-order chi connectivity index (χ1) is 22.8.